The standard InChI is InChI=1S/C30H27N5O4/c1-17-16-31-26(32-17)28(37)34-21-13-14-22-23(15-21)35-27(36)24(22)25(18-7-5-4-6-8-18)33-20-11-9-19(10-12-20)30(2,3)29(38)39/h4-16,24H,1-3H3,(H,31,32)(H,34,37)(H,35,36)(H,38,39). The number of amides is 2. The third-order valence-electron chi connectivity index (χ3n) is 6.78. The molecule has 196 valence electrons. The zero-order chi connectivity index (χ0) is 27.7. The summed E-state index contributed by atoms with van der Waals surface area (Å²) in [6, 6.07) is 21.7. The Kier molecular flexibility index (Phi) is 6.57. The van der Waals surface area contributed by atoms with Gasteiger partial charge in [-0.05, 0) is 61.7 Å². The quantitative estimate of drug-likeness (QED) is 0.248. The number of benzene rings is 3. The molecule has 0 saturated carbocycles. The van der Waals surface area contributed by atoms with E-state index in [1.807, 2.05) is 37.3 Å². The van der Waals surface area contributed by atoms with E-state index in [1.165, 1.54) is 0 Å². The molecule has 4 aromatic rings. The largest absolute Gasteiger partial charge is 0.481 e. The van der Waals surface area contributed by atoms with Crippen LogP contribution in [0, 0.1) is 6.92 Å². The molecule has 4 N–H and O–H groups in total. The maximum Gasteiger partial charge on any atom is 0.313 e. The lowest BCUT2D eigenvalue weighted by molar-refractivity contribution is -0.142. The van der Waals surface area contributed by atoms with Crippen LogP contribution in [0.25, 0.3) is 0 Å². The van der Waals surface area contributed by atoms with E-state index in [0.29, 0.717) is 28.3 Å². The average Bonchev–Trinajstić information content (AvgIpc) is 3.50. The predicted octanol–water partition coefficient (Wildman–Crippen LogP) is 5.19. The number of rotatable bonds is 7. The van der Waals surface area contributed by atoms with Crippen molar-refractivity contribution in [2.24, 2.45) is 4.99 Å². The zero-order valence-corrected chi connectivity index (χ0v) is 21.6. The van der Waals surface area contributed by atoms with E-state index in [1.54, 1.807) is 62.5 Å². The Hall–Kier alpha value is -5.05. The number of carboxylic acids is 1. The monoisotopic (exact) mass is 521 g/mol. The number of hydrogen-bond acceptors (Lipinski definition) is 5. The van der Waals surface area contributed by atoms with Crippen LogP contribution < -0.4 is 10.6 Å². The van der Waals surface area contributed by atoms with Crippen LogP contribution in [0.15, 0.2) is 84.0 Å². The second-order valence-corrected chi connectivity index (χ2v) is 9.93. The van der Waals surface area contributed by atoms with Crippen molar-refractivity contribution in [1.82, 2.24) is 9.97 Å². The number of carboxylic acid groups (broad SMARTS) is 1. The smallest absolute Gasteiger partial charge is 0.313 e. The molecular formula is C30H27N5O4. The number of nitrogens with one attached hydrogen (secondary N) is 3. The van der Waals surface area contributed by atoms with E-state index in [-0.39, 0.29) is 17.6 Å². The zero-order valence-electron chi connectivity index (χ0n) is 21.6. The topological polar surface area (TPSA) is 137 Å². The lowest BCUT2D eigenvalue weighted by Crippen LogP contribution is -2.28. The van der Waals surface area contributed by atoms with Crippen molar-refractivity contribution >= 4 is 40.6 Å². The van der Waals surface area contributed by atoms with Crippen LogP contribution in [0.2, 0.25) is 0 Å². The molecule has 3 aromatic carbocycles. The number of carbonyl (C=O) groups is 3. The first-order chi connectivity index (χ1) is 18.6. The second kappa shape index (κ2) is 10.0. The molecule has 2 heterocycles. The van der Waals surface area contributed by atoms with Crippen LogP contribution in [0.1, 0.15) is 52.8 Å². The number of nitrogens with zero attached hydrogens (tertiary/aromatic N) is 2. The first-order valence-corrected chi connectivity index (χ1v) is 12.4. The molecule has 5 rings (SSSR count). The molecule has 2 amide bonds. The summed E-state index contributed by atoms with van der Waals surface area (Å²) >= 11 is 0. The van der Waals surface area contributed by atoms with Crippen molar-refractivity contribution in [3.05, 3.63) is 107 Å². The molecule has 0 aliphatic carbocycles. The minimum absolute atomic E-state index is 0.200. The minimum Gasteiger partial charge on any atom is -0.481 e. The van der Waals surface area contributed by atoms with E-state index in [4.69, 9.17) is 4.99 Å². The van der Waals surface area contributed by atoms with Gasteiger partial charge in [-0.15, -0.1) is 0 Å². The molecule has 0 spiro atoms. The normalized spacial score (nSPS) is 15.0. The van der Waals surface area contributed by atoms with Crippen LogP contribution in [-0.2, 0) is 15.0 Å². The van der Waals surface area contributed by atoms with Crippen molar-refractivity contribution in [2.75, 3.05) is 10.6 Å². The highest BCUT2D eigenvalue weighted by Crippen LogP contribution is 2.38. The van der Waals surface area contributed by atoms with Gasteiger partial charge in [-0.25, -0.2) is 4.98 Å². The van der Waals surface area contributed by atoms with Crippen molar-refractivity contribution < 1.29 is 19.5 Å². The Labute approximate surface area is 225 Å². The van der Waals surface area contributed by atoms with Gasteiger partial charge in [0.05, 0.1) is 16.8 Å². The van der Waals surface area contributed by atoms with Crippen LogP contribution in [0.4, 0.5) is 17.1 Å². The van der Waals surface area contributed by atoms with Crippen molar-refractivity contribution in [1.29, 1.82) is 0 Å². The van der Waals surface area contributed by atoms with Crippen LogP contribution in [0.5, 0.6) is 0 Å². The van der Waals surface area contributed by atoms with Gasteiger partial charge < -0.3 is 20.7 Å². The number of aromatic amines is 1. The number of carbonyl (C=O) groups excluding carboxylic acids is 2. The summed E-state index contributed by atoms with van der Waals surface area (Å²) in [5.41, 5.74) is 4.15. The molecular weight excluding hydrogens is 494 g/mol. The van der Waals surface area contributed by atoms with E-state index >= 15 is 0 Å². The molecule has 9 nitrogen and oxygen atoms in total. The Morgan fingerprint density at radius 2 is 1.74 bits per heavy atom. The van der Waals surface area contributed by atoms with Gasteiger partial charge in [0.25, 0.3) is 5.91 Å². The Balaban J connectivity index is 1.49. The van der Waals surface area contributed by atoms with Crippen LogP contribution >= 0.6 is 0 Å². The van der Waals surface area contributed by atoms with E-state index < -0.39 is 17.3 Å². The number of fused-ring (bicyclic) bond motifs is 1. The molecule has 0 saturated heterocycles. The maximum atomic E-state index is 13.3. The van der Waals surface area contributed by atoms with E-state index in [0.717, 1.165) is 16.8 Å². The molecule has 1 aliphatic rings. The van der Waals surface area contributed by atoms with Crippen molar-refractivity contribution in [3.8, 4) is 0 Å². The van der Waals surface area contributed by atoms with Gasteiger partial charge in [0, 0.05) is 23.3 Å². The maximum absolute atomic E-state index is 13.3. The van der Waals surface area contributed by atoms with Crippen molar-refractivity contribution in [2.45, 2.75) is 32.1 Å². The molecule has 1 aliphatic heterocycles. The fraction of sp³-hybridized carbons (Fsp3) is 0.167. The Bertz CT molecular complexity index is 1600. The van der Waals surface area contributed by atoms with Gasteiger partial charge in [-0.3, -0.25) is 19.4 Å². The number of imidazole rings is 1. The Morgan fingerprint density at radius 3 is 2.38 bits per heavy atom. The highest BCUT2D eigenvalue weighted by molar-refractivity contribution is 6.24. The first-order valence-electron chi connectivity index (χ1n) is 12.4. The molecule has 0 bridgehead atoms. The van der Waals surface area contributed by atoms with Crippen molar-refractivity contribution in [3.63, 3.8) is 0 Å². The number of aryl methyl sites for hydroxylation is 1. The summed E-state index contributed by atoms with van der Waals surface area (Å²) in [4.78, 5) is 49.3. The molecule has 1 aromatic heterocycles. The highest BCUT2D eigenvalue weighted by atomic mass is 16.4. The van der Waals surface area contributed by atoms with Gasteiger partial charge in [0.1, 0.15) is 5.92 Å². The number of aliphatic carboxylic acids is 1. The lowest BCUT2D eigenvalue weighted by Gasteiger charge is -2.19. The van der Waals surface area contributed by atoms with Gasteiger partial charge in [-0.1, -0.05) is 48.5 Å². The number of H-pyrrole nitrogens is 1. The molecule has 1 atom stereocenters. The van der Waals surface area contributed by atoms with Crippen LogP contribution in [-0.4, -0.2) is 38.6 Å². The predicted molar refractivity (Wildman–Crippen MR) is 149 cm³/mol. The van der Waals surface area contributed by atoms with E-state index in [9.17, 15) is 19.5 Å². The number of aliphatic imine (C=N–C) groups is 1. The summed E-state index contributed by atoms with van der Waals surface area (Å²) in [6.45, 7) is 5.11. The van der Waals surface area contributed by atoms with E-state index in [2.05, 4.69) is 20.6 Å². The first kappa shape index (κ1) is 25.6. The third-order valence-corrected chi connectivity index (χ3v) is 6.78. The summed E-state index contributed by atoms with van der Waals surface area (Å²) in [5.74, 6) is -2.02. The Morgan fingerprint density at radius 1 is 1.03 bits per heavy atom. The van der Waals surface area contributed by atoms with Gasteiger partial charge in [0.15, 0.2) is 5.82 Å². The lowest BCUT2D eigenvalue weighted by atomic mass is 9.85. The van der Waals surface area contributed by atoms with Gasteiger partial charge >= 0.3 is 5.97 Å². The van der Waals surface area contributed by atoms with Gasteiger partial charge in [0.2, 0.25) is 5.91 Å². The fourth-order valence-electron chi connectivity index (χ4n) is 4.45. The number of anilines is 2. The molecule has 0 fully saturated rings. The molecule has 0 radical (unpaired) electrons. The second-order valence-electron chi connectivity index (χ2n) is 9.93. The SMILES string of the molecule is Cc1cnc(C(=O)Nc2ccc3c(c2)NC(=O)C3C(=Nc2ccc(C(C)(C)C(=O)O)cc2)c2ccccc2)[nH]1. The number of hydrogen-bond donors (Lipinski definition) is 4. The van der Waals surface area contributed by atoms with Crippen LogP contribution in [0.3, 0.4) is 0 Å². The molecule has 1 unspecified atom stereocenters. The fourth-order valence-corrected chi connectivity index (χ4v) is 4.45. The summed E-state index contributed by atoms with van der Waals surface area (Å²) in [6.07, 6.45) is 1.58. The third kappa shape index (κ3) is 5.06. The molecule has 9 heteroatoms. The van der Waals surface area contributed by atoms with Gasteiger partial charge in [-0.2, -0.15) is 0 Å². The summed E-state index contributed by atoms with van der Waals surface area (Å²) < 4.78 is 0. The molecule has 39 heavy (non-hydrogen) atoms. The highest BCUT2D eigenvalue weighted by Gasteiger charge is 2.36. The summed E-state index contributed by atoms with van der Waals surface area (Å²) in [5, 5.41) is 15.3. The number of aromatic nitrogens is 2. The minimum atomic E-state index is -1.04. The average molecular weight is 522 g/mol. The summed E-state index contributed by atoms with van der Waals surface area (Å²) in [7, 11) is 0.